The molecule has 0 radical (unpaired) electrons. The summed E-state index contributed by atoms with van der Waals surface area (Å²) in [5.41, 5.74) is 0. The normalized spacial score (nSPS) is 15.6. The van der Waals surface area contributed by atoms with Crippen LogP contribution in [0.1, 0.15) is 12.8 Å². The van der Waals surface area contributed by atoms with Crippen LogP contribution in [-0.2, 0) is 9.59 Å². The van der Waals surface area contributed by atoms with Gasteiger partial charge in [0, 0.05) is 32.0 Å². The highest BCUT2D eigenvalue weighted by Gasteiger charge is 2.20. The SMILES string of the molecule is O=C1CCN(C(=O)COc2cccc(F)c2)CC1. The maximum Gasteiger partial charge on any atom is 0.260 e. The van der Waals surface area contributed by atoms with Crippen LogP contribution >= 0.6 is 0 Å². The molecule has 0 N–H and O–H groups in total. The van der Waals surface area contributed by atoms with Crippen molar-refractivity contribution in [3.63, 3.8) is 0 Å². The third-order valence-corrected chi connectivity index (χ3v) is 2.83. The predicted octanol–water partition coefficient (Wildman–Crippen LogP) is 1.40. The first-order chi connectivity index (χ1) is 8.65. The quantitative estimate of drug-likeness (QED) is 0.815. The van der Waals surface area contributed by atoms with Gasteiger partial charge in [-0.3, -0.25) is 9.59 Å². The van der Waals surface area contributed by atoms with Gasteiger partial charge in [0.2, 0.25) is 0 Å². The highest BCUT2D eigenvalue weighted by atomic mass is 19.1. The Morgan fingerprint density at radius 3 is 2.72 bits per heavy atom. The summed E-state index contributed by atoms with van der Waals surface area (Å²) in [7, 11) is 0. The highest BCUT2D eigenvalue weighted by molar-refractivity contribution is 5.83. The third-order valence-electron chi connectivity index (χ3n) is 2.83. The minimum atomic E-state index is -0.400. The van der Waals surface area contributed by atoms with E-state index in [1.54, 1.807) is 11.0 Å². The minimum absolute atomic E-state index is 0.127. The smallest absolute Gasteiger partial charge is 0.260 e. The molecule has 0 aliphatic carbocycles. The van der Waals surface area contributed by atoms with E-state index in [2.05, 4.69) is 0 Å². The van der Waals surface area contributed by atoms with E-state index in [9.17, 15) is 14.0 Å². The lowest BCUT2D eigenvalue weighted by Crippen LogP contribution is -2.41. The zero-order valence-electron chi connectivity index (χ0n) is 9.89. The number of carbonyl (C=O) groups is 2. The number of hydrogen-bond donors (Lipinski definition) is 0. The van der Waals surface area contributed by atoms with Crippen LogP contribution in [0.25, 0.3) is 0 Å². The molecule has 1 aliphatic heterocycles. The Morgan fingerprint density at radius 2 is 2.06 bits per heavy atom. The van der Waals surface area contributed by atoms with Gasteiger partial charge >= 0.3 is 0 Å². The maximum absolute atomic E-state index is 12.9. The number of Topliss-reactive ketones (excluding diaryl/α,β-unsaturated/α-hetero) is 1. The molecule has 96 valence electrons. The molecule has 1 fully saturated rings. The number of hydrogen-bond acceptors (Lipinski definition) is 3. The van der Waals surface area contributed by atoms with Crippen LogP contribution in [0.15, 0.2) is 24.3 Å². The van der Waals surface area contributed by atoms with Gasteiger partial charge in [-0.25, -0.2) is 4.39 Å². The molecule has 1 aliphatic rings. The van der Waals surface area contributed by atoms with Gasteiger partial charge in [0.25, 0.3) is 5.91 Å². The average molecular weight is 251 g/mol. The number of halogens is 1. The van der Waals surface area contributed by atoms with E-state index >= 15 is 0 Å². The molecule has 1 amide bonds. The second kappa shape index (κ2) is 5.62. The third kappa shape index (κ3) is 3.29. The summed E-state index contributed by atoms with van der Waals surface area (Å²) in [6.07, 6.45) is 0.817. The lowest BCUT2D eigenvalue weighted by Gasteiger charge is -2.25. The summed E-state index contributed by atoms with van der Waals surface area (Å²) in [6, 6.07) is 5.66. The molecule has 0 atom stereocenters. The van der Waals surface area contributed by atoms with E-state index in [-0.39, 0.29) is 18.3 Å². The Balaban J connectivity index is 1.83. The van der Waals surface area contributed by atoms with Gasteiger partial charge in [-0.15, -0.1) is 0 Å². The number of benzene rings is 1. The fourth-order valence-electron chi connectivity index (χ4n) is 1.80. The van der Waals surface area contributed by atoms with E-state index in [0.717, 1.165) is 0 Å². The summed E-state index contributed by atoms with van der Waals surface area (Å²) in [5.74, 6) is -0.0585. The van der Waals surface area contributed by atoms with Crippen molar-refractivity contribution >= 4 is 11.7 Å². The Bertz CT molecular complexity index is 451. The van der Waals surface area contributed by atoms with Crippen molar-refractivity contribution in [1.82, 2.24) is 4.90 Å². The summed E-state index contributed by atoms with van der Waals surface area (Å²) >= 11 is 0. The molecule has 0 spiro atoms. The molecule has 0 aromatic heterocycles. The topological polar surface area (TPSA) is 46.6 Å². The first-order valence-electron chi connectivity index (χ1n) is 5.83. The largest absolute Gasteiger partial charge is 0.484 e. The van der Waals surface area contributed by atoms with Crippen LogP contribution < -0.4 is 4.74 Å². The lowest BCUT2D eigenvalue weighted by molar-refractivity contribution is -0.136. The van der Waals surface area contributed by atoms with Crippen molar-refractivity contribution in [3.8, 4) is 5.75 Å². The molecule has 18 heavy (non-hydrogen) atoms. The zero-order valence-corrected chi connectivity index (χ0v) is 9.89. The second-order valence-corrected chi connectivity index (χ2v) is 4.17. The van der Waals surface area contributed by atoms with Gasteiger partial charge in [0.15, 0.2) is 6.61 Å². The minimum Gasteiger partial charge on any atom is -0.484 e. The number of ketones is 1. The van der Waals surface area contributed by atoms with Crippen LogP contribution in [0.2, 0.25) is 0 Å². The van der Waals surface area contributed by atoms with Crippen molar-refractivity contribution in [2.75, 3.05) is 19.7 Å². The van der Waals surface area contributed by atoms with E-state index < -0.39 is 5.82 Å². The van der Waals surface area contributed by atoms with Crippen molar-refractivity contribution in [2.24, 2.45) is 0 Å². The van der Waals surface area contributed by atoms with Gasteiger partial charge in [-0.2, -0.15) is 0 Å². The second-order valence-electron chi connectivity index (χ2n) is 4.17. The number of piperidine rings is 1. The van der Waals surface area contributed by atoms with Crippen molar-refractivity contribution in [3.05, 3.63) is 30.1 Å². The number of likely N-dealkylation sites (tertiary alicyclic amines) is 1. The molecule has 0 bridgehead atoms. The maximum atomic E-state index is 12.9. The Hall–Kier alpha value is -1.91. The van der Waals surface area contributed by atoms with Gasteiger partial charge in [-0.1, -0.05) is 6.07 Å². The molecule has 0 unspecified atom stereocenters. The van der Waals surface area contributed by atoms with Gasteiger partial charge in [0.1, 0.15) is 17.3 Å². The Kier molecular flexibility index (Phi) is 3.92. The van der Waals surface area contributed by atoms with E-state index in [0.29, 0.717) is 31.7 Å². The predicted molar refractivity (Wildman–Crippen MR) is 62.7 cm³/mol. The van der Waals surface area contributed by atoms with Crippen LogP contribution in [0, 0.1) is 5.82 Å². The molecule has 1 heterocycles. The van der Waals surface area contributed by atoms with Crippen LogP contribution in [0.3, 0.4) is 0 Å². The summed E-state index contributed by atoms with van der Waals surface area (Å²) < 4.78 is 18.1. The van der Waals surface area contributed by atoms with E-state index in [1.807, 2.05) is 0 Å². The number of ether oxygens (including phenoxy) is 1. The monoisotopic (exact) mass is 251 g/mol. The van der Waals surface area contributed by atoms with Gasteiger partial charge in [0.05, 0.1) is 0 Å². The standard InChI is InChI=1S/C13H14FNO3/c14-10-2-1-3-12(8-10)18-9-13(17)15-6-4-11(16)5-7-15/h1-3,8H,4-7,9H2. The summed E-state index contributed by atoms with van der Waals surface area (Å²) in [6.45, 7) is 0.770. The molecule has 0 saturated carbocycles. The highest BCUT2D eigenvalue weighted by Crippen LogP contribution is 2.12. The number of nitrogens with zero attached hydrogens (tertiary/aromatic N) is 1. The van der Waals surface area contributed by atoms with E-state index in [4.69, 9.17) is 4.74 Å². The molecular formula is C13H14FNO3. The Morgan fingerprint density at radius 1 is 1.33 bits per heavy atom. The van der Waals surface area contributed by atoms with Gasteiger partial charge < -0.3 is 9.64 Å². The lowest BCUT2D eigenvalue weighted by atomic mass is 10.1. The number of rotatable bonds is 3. The molecule has 1 aromatic carbocycles. The van der Waals surface area contributed by atoms with Crippen molar-refractivity contribution < 1.29 is 18.7 Å². The van der Waals surface area contributed by atoms with Gasteiger partial charge in [-0.05, 0) is 12.1 Å². The molecule has 1 saturated heterocycles. The molecule has 4 nitrogen and oxygen atoms in total. The van der Waals surface area contributed by atoms with Crippen LogP contribution in [-0.4, -0.2) is 36.3 Å². The van der Waals surface area contributed by atoms with Crippen molar-refractivity contribution in [2.45, 2.75) is 12.8 Å². The van der Waals surface area contributed by atoms with E-state index in [1.165, 1.54) is 18.2 Å². The number of carbonyl (C=O) groups excluding carboxylic acids is 2. The first-order valence-corrected chi connectivity index (χ1v) is 5.83. The Labute approximate surface area is 104 Å². The fraction of sp³-hybridized carbons (Fsp3) is 0.385. The fourth-order valence-corrected chi connectivity index (χ4v) is 1.80. The average Bonchev–Trinajstić information content (AvgIpc) is 2.37. The molecule has 5 heteroatoms. The van der Waals surface area contributed by atoms with Crippen LogP contribution in [0.4, 0.5) is 4.39 Å². The number of amides is 1. The summed E-state index contributed by atoms with van der Waals surface area (Å²) in [4.78, 5) is 24.4. The first kappa shape index (κ1) is 12.5. The van der Waals surface area contributed by atoms with Crippen molar-refractivity contribution in [1.29, 1.82) is 0 Å². The summed E-state index contributed by atoms with van der Waals surface area (Å²) in [5, 5.41) is 0. The van der Waals surface area contributed by atoms with Crippen LogP contribution in [0.5, 0.6) is 5.75 Å². The zero-order chi connectivity index (χ0) is 13.0. The molecular weight excluding hydrogens is 237 g/mol. The molecule has 2 rings (SSSR count). The molecule has 1 aromatic rings.